The van der Waals surface area contributed by atoms with Crippen molar-refractivity contribution in [3.63, 3.8) is 0 Å². The quantitative estimate of drug-likeness (QED) is 0.795. The van der Waals surface area contributed by atoms with Crippen LogP contribution in [0.3, 0.4) is 0 Å². The zero-order valence-corrected chi connectivity index (χ0v) is 16.5. The van der Waals surface area contributed by atoms with Gasteiger partial charge in [-0.15, -0.1) is 0 Å². The molecule has 2 aliphatic rings. The summed E-state index contributed by atoms with van der Waals surface area (Å²) >= 11 is 6.20. The smallest absolute Gasteiger partial charge is 0.407 e. The van der Waals surface area contributed by atoms with E-state index in [0.717, 1.165) is 43.6 Å². The molecular formula is C22H25ClN2O3. The second-order valence-corrected chi connectivity index (χ2v) is 7.92. The van der Waals surface area contributed by atoms with Crippen molar-refractivity contribution < 1.29 is 14.3 Å². The summed E-state index contributed by atoms with van der Waals surface area (Å²) in [5, 5.41) is 3.49. The standard InChI is InChI=1S/C22H25ClN2O3/c23-19-8-4-7-18(15-19)20(17-5-2-1-3-6-17)27-14-13-25-11-9-22(10-12-25)16-24-21(26)28-22/h1-8,15,20H,9-14,16H2,(H,24,26). The fourth-order valence-electron chi connectivity index (χ4n) is 3.95. The highest BCUT2D eigenvalue weighted by atomic mass is 35.5. The number of halogens is 1. The number of piperidine rings is 1. The number of alkyl carbamates (subject to hydrolysis) is 1. The average Bonchev–Trinajstić information content (AvgIpc) is 3.07. The van der Waals surface area contributed by atoms with Crippen LogP contribution in [0.1, 0.15) is 30.1 Å². The molecule has 2 saturated heterocycles. The van der Waals surface area contributed by atoms with Crippen molar-refractivity contribution in [1.82, 2.24) is 10.2 Å². The summed E-state index contributed by atoms with van der Waals surface area (Å²) in [5.41, 5.74) is 1.87. The van der Waals surface area contributed by atoms with Gasteiger partial charge in [-0.05, 0) is 23.3 Å². The van der Waals surface area contributed by atoms with Crippen LogP contribution in [0.4, 0.5) is 4.79 Å². The Bertz CT molecular complexity index is 806. The fourth-order valence-corrected chi connectivity index (χ4v) is 4.15. The molecule has 1 spiro atoms. The molecule has 6 heteroatoms. The Labute approximate surface area is 170 Å². The largest absolute Gasteiger partial charge is 0.441 e. The SMILES string of the molecule is O=C1NCC2(CCN(CCOC(c3ccccc3)c3cccc(Cl)c3)CC2)O1. The van der Waals surface area contributed by atoms with Gasteiger partial charge in [0.05, 0.1) is 13.2 Å². The van der Waals surface area contributed by atoms with Gasteiger partial charge in [0.15, 0.2) is 0 Å². The fraction of sp³-hybridized carbons (Fsp3) is 0.409. The molecule has 0 aliphatic carbocycles. The lowest BCUT2D eigenvalue weighted by Crippen LogP contribution is -2.47. The second kappa shape index (κ2) is 8.52. The number of benzene rings is 2. The third-order valence-electron chi connectivity index (χ3n) is 5.58. The molecule has 0 bridgehead atoms. The summed E-state index contributed by atoms with van der Waals surface area (Å²) in [6.45, 7) is 3.91. The van der Waals surface area contributed by atoms with Gasteiger partial charge in [-0.2, -0.15) is 0 Å². The molecule has 28 heavy (non-hydrogen) atoms. The Hall–Kier alpha value is -2.08. The van der Waals surface area contributed by atoms with E-state index in [1.165, 1.54) is 0 Å². The molecule has 2 aliphatic heterocycles. The van der Waals surface area contributed by atoms with Gasteiger partial charge in [-0.1, -0.05) is 54.1 Å². The summed E-state index contributed by atoms with van der Waals surface area (Å²) in [7, 11) is 0. The van der Waals surface area contributed by atoms with Crippen molar-refractivity contribution in [1.29, 1.82) is 0 Å². The number of hydrogen-bond donors (Lipinski definition) is 1. The van der Waals surface area contributed by atoms with Gasteiger partial charge in [0.2, 0.25) is 0 Å². The van der Waals surface area contributed by atoms with Crippen molar-refractivity contribution in [2.75, 3.05) is 32.8 Å². The van der Waals surface area contributed by atoms with Crippen LogP contribution < -0.4 is 5.32 Å². The number of amides is 1. The van der Waals surface area contributed by atoms with Crippen LogP contribution in [0.15, 0.2) is 54.6 Å². The maximum Gasteiger partial charge on any atom is 0.407 e. The number of ether oxygens (including phenoxy) is 2. The first-order valence-corrected chi connectivity index (χ1v) is 10.1. The highest BCUT2D eigenvalue weighted by Crippen LogP contribution is 2.30. The molecule has 1 unspecified atom stereocenters. The number of rotatable bonds is 6. The van der Waals surface area contributed by atoms with Crippen LogP contribution in [0, 0.1) is 0 Å². The summed E-state index contributed by atoms with van der Waals surface area (Å²) < 4.78 is 11.8. The molecule has 4 rings (SSSR count). The van der Waals surface area contributed by atoms with Crippen molar-refractivity contribution in [2.24, 2.45) is 0 Å². The number of carbonyl (C=O) groups is 1. The first-order chi connectivity index (χ1) is 13.6. The molecule has 5 nitrogen and oxygen atoms in total. The number of carbonyl (C=O) groups excluding carboxylic acids is 1. The molecule has 2 heterocycles. The van der Waals surface area contributed by atoms with Gasteiger partial charge in [0.1, 0.15) is 11.7 Å². The lowest BCUT2D eigenvalue weighted by molar-refractivity contribution is -0.0105. The van der Waals surface area contributed by atoms with Gasteiger partial charge >= 0.3 is 6.09 Å². The minimum atomic E-state index is -0.304. The van der Waals surface area contributed by atoms with E-state index >= 15 is 0 Å². The molecule has 1 amide bonds. The molecule has 148 valence electrons. The predicted octanol–water partition coefficient (Wildman–Crippen LogP) is 4.02. The molecule has 0 radical (unpaired) electrons. The molecule has 1 atom stereocenters. The Morgan fingerprint density at radius 1 is 1.11 bits per heavy atom. The number of nitrogens with zero attached hydrogens (tertiary/aromatic N) is 1. The van der Waals surface area contributed by atoms with Crippen molar-refractivity contribution in [3.8, 4) is 0 Å². The van der Waals surface area contributed by atoms with Gasteiger partial charge in [0.25, 0.3) is 0 Å². The third kappa shape index (κ3) is 4.49. The third-order valence-corrected chi connectivity index (χ3v) is 5.81. The lowest BCUT2D eigenvalue weighted by atomic mass is 9.92. The molecule has 2 aromatic carbocycles. The maximum atomic E-state index is 11.4. The summed E-state index contributed by atoms with van der Waals surface area (Å²) in [6, 6.07) is 18.1. The molecule has 1 N–H and O–H groups in total. The summed E-state index contributed by atoms with van der Waals surface area (Å²) in [4.78, 5) is 13.7. The number of likely N-dealkylation sites (tertiary alicyclic amines) is 1. The van der Waals surface area contributed by atoms with Crippen LogP contribution >= 0.6 is 11.6 Å². The highest BCUT2D eigenvalue weighted by molar-refractivity contribution is 6.30. The summed E-state index contributed by atoms with van der Waals surface area (Å²) in [5.74, 6) is 0. The van der Waals surface area contributed by atoms with Gasteiger partial charge in [0, 0.05) is 37.5 Å². The second-order valence-electron chi connectivity index (χ2n) is 7.48. The lowest BCUT2D eigenvalue weighted by Gasteiger charge is -2.37. The van der Waals surface area contributed by atoms with Crippen molar-refractivity contribution in [2.45, 2.75) is 24.5 Å². The topological polar surface area (TPSA) is 50.8 Å². The molecular weight excluding hydrogens is 376 g/mol. The molecule has 2 aromatic rings. The van der Waals surface area contributed by atoms with Crippen molar-refractivity contribution >= 4 is 17.7 Å². The first kappa shape index (κ1) is 19.2. The van der Waals surface area contributed by atoms with E-state index in [4.69, 9.17) is 21.1 Å². The van der Waals surface area contributed by atoms with E-state index < -0.39 is 0 Å². The Kier molecular flexibility index (Phi) is 5.85. The van der Waals surface area contributed by atoms with Crippen LogP contribution in [-0.4, -0.2) is 49.4 Å². The maximum absolute atomic E-state index is 11.4. The van der Waals surface area contributed by atoms with E-state index in [0.29, 0.717) is 18.2 Å². The van der Waals surface area contributed by atoms with Crippen LogP contribution in [-0.2, 0) is 9.47 Å². The molecule has 0 saturated carbocycles. The highest BCUT2D eigenvalue weighted by Gasteiger charge is 2.42. The van der Waals surface area contributed by atoms with E-state index in [9.17, 15) is 4.79 Å². The van der Waals surface area contributed by atoms with Crippen LogP contribution in [0.2, 0.25) is 5.02 Å². The van der Waals surface area contributed by atoms with E-state index in [1.807, 2.05) is 36.4 Å². The van der Waals surface area contributed by atoms with E-state index in [1.54, 1.807) is 0 Å². The predicted molar refractivity (Wildman–Crippen MR) is 109 cm³/mol. The van der Waals surface area contributed by atoms with E-state index in [2.05, 4.69) is 28.4 Å². The van der Waals surface area contributed by atoms with E-state index in [-0.39, 0.29) is 17.8 Å². The average molecular weight is 401 g/mol. The van der Waals surface area contributed by atoms with Gasteiger partial charge in [-0.3, -0.25) is 0 Å². The van der Waals surface area contributed by atoms with Crippen LogP contribution in [0.25, 0.3) is 0 Å². The zero-order chi connectivity index (χ0) is 19.4. The normalized spacial score (nSPS) is 20.0. The Morgan fingerprint density at radius 2 is 1.86 bits per heavy atom. The van der Waals surface area contributed by atoms with Gasteiger partial charge < -0.3 is 19.7 Å². The van der Waals surface area contributed by atoms with Crippen molar-refractivity contribution in [3.05, 3.63) is 70.7 Å². The summed E-state index contributed by atoms with van der Waals surface area (Å²) in [6.07, 6.45) is 1.30. The zero-order valence-electron chi connectivity index (χ0n) is 15.8. The molecule has 0 aromatic heterocycles. The minimum Gasteiger partial charge on any atom is -0.441 e. The van der Waals surface area contributed by atoms with Gasteiger partial charge in [-0.25, -0.2) is 4.79 Å². The monoisotopic (exact) mass is 400 g/mol. The Morgan fingerprint density at radius 3 is 2.54 bits per heavy atom. The minimum absolute atomic E-state index is 0.143. The number of nitrogens with one attached hydrogen (secondary N) is 1. The number of hydrogen-bond acceptors (Lipinski definition) is 4. The van der Waals surface area contributed by atoms with Crippen LogP contribution in [0.5, 0.6) is 0 Å². The molecule has 2 fully saturated rings. The first-order valence-electron chi connectivity index (χ1n) is 9.75. The Balaban J connectivity index is 1.34.